The lowest BCUT2D eigenvalue weighted by atomic mass is 9.82. The first-order chi connectivity index (χ1) is 7.67. The topological polar surface area (TPSA) is 26.0 Å². The number of fused-ring (bicyclic) bond motifs is 1. The molecule has 1 aliphatic heterocycles. The molecule has 2 unspecified atom stereocenters. The van der Waals surface area contributed by atoms with E-state index < -0.39 is 0 Å². The van der Waals surface area contributed by atoms with E-state index in [4.69, 9.17) is 5.73 Å². The van der Waals surface area contributed by atoms with Crippen molar-refractivity contribution in [1.82, 2.24) is 0 Å². The molecule has 0 saturated heterocycles. The Bertz CT molecular complexity index is 333. The third kappa shape index (κ3) is 2.44. The molecule has 0 radical (unpaired) electrons. The molecule has 2 heteroatoms. The maximum atomic E-state index is 5.89. The molecule has 2 rings (SSSR count). The van der Waals surface area contributed by atoms with Crippen LogP contribution < -0.4 is 5.73 Å². The molecule has 0 fully saturated rings. The zero-order chi connectivity index (χ0) is 11.6. The first-order valence-electron chi connectivity index (χ1n) is 6.11. The van der Waals surface area contributed by atoms with E-state index in [1.807, 2.05) is 11.8 Å². The molecule has 0 bridgehead atoms. The number of benzene rings is 1. The highest BCUT2D eigenvalue weighted by Crippen LogP contribution is 2.42. The van der Waals surface area contributed by atoms with Crippen molar-refractivity contribution in [2.24, 2.45) is 11.1 Å². The third-order valence-electron chi connectivity index (χ3n) is 3.78. The molecule has 2 N–H and O–H groups in total. The van der Waals surface area contributed by atoms with Gasteiger partial charge in [0.2, 0.25) is 0 Å². The van der Waals surface area contributed by atoms with Crippen molar-refractivity contribution in [1.29, 1.82) is 0 Å². The summed E-state index contributed by atoms with van der Waals surface area (Å²) in [5.41, 5.74) is 7.73. The second-order valence-corrected chi connectivity index (χ2v) is 6.47. The fraction of sp³-hybridized carbons (Fsp3) is 0.571. The van der Waals surface area contributed by atoms with Crippen LogP contribution in [0.2, 0.25) is 0 Å². The lowest BCUT2D eigenvalue weighted by Gasteiger charge is -2.29. The summed E-state index contributed by atoms with van der Waals surface area (Å²) in [7, 11) is 0. The second-order valence-electron chi connectivity index (χ2n) is 5.12. The summed E-state index contributed by atoms with van der Waals surface area (Å²) in [5.74, 6) is 0. The van der Waals surface area contributed by atoms with Gasteiger partial charge in [0.05, 0.1) is 0 Å². The minimum absolute atomic E-state index is 0.319. The number of thioether (sulfide) groups is 1. The molecule has 2 atom stereocenters. The predicted octanol–water partition coefficient (Wildman–Crippen LogP) is 3.47. The van der Waals surface area contributed by atoms with Crippen LogP contribution in [0.1, 0.15) is 32.3 Å². The maximum Gasteiger partial charge on any atom is 0.0141 e. The summed E-state index contributed by atoms with van der Waals surface area (Å²) in [6.45, 7) is 5.37. The van der Waals surface area contributed by atoms with Crippen LogP contribution in [0.3, 0.4) is 0 Å². The van der Waals surface area contributed by atoms with E-state index in [9.17, 15) is 0 Å². The quantitative estimate of drug-likeness (QED) is 0.865. The van der Waals surface area contributed by atoms with Gasteiger partial charge >= 0.3 is 0 Å². The Balaban J connectivity index is 2.02. The van der Waals surface area contributed by atoms with Gasteiger partial charge in [-0.2, -0.15) is 0 Å². The van der Waals surface area contributed by atoms with Crippen LogP contribution >= 0.6 is 11.8 Å². The zero-order valence-electron chi connectivity index (χ0n) is 10.2. The standard InChI is InChI=1S/C14H21NS/c1-3-14(2,10-15)9-12-8-11-6-4-5-7-13(11)16-12/h4-7,12H,3,8-10,15H2,1-2H3. The lowest BCUT2D eigenvalue weighted by Crippen LogP contribution is -2.29. The van der Waals surface area contributed by atoms with Gasteiger partial charge in [0.15, 0.2) is 0 Å². The SMILES string of the molecule is CCC(C)(CN)CC1Cc2ccccc2S1. The molecule has 0 aliphatic carbocycles. The van der Waals surface area contributed by atoms with Gasteiger partial charge in [-0.25, -0.2) is 0 Å². The van der Waals surface area contributed by atoms with Gasteiger partial charge in [0, 0.05) is 10.1 Å². The predicted molar refractivity (Wildman–Crippen MR) is 71.9 cm³/mol. The summed E-state index contributed by atoms with van der Waals surface area (Å²) in [4.78, 5) is 1.47. The van der Waals surface area contributed by atoms with E-state index in [0.29, 0.717) is 5.41 Å². The molecular weight excluding hydrogens is 214 g/mol. The third-order valence-corrected chi connectivity index (χ3v) is 5.10. The Kier molecular flexibility index (Phi) is 3.60. The van der Waals surface area contributed by atoms with Crippen LogP contribution in [0.5, 0.6) is 0 Å². The number of nitrogens with two attached hydrogens (primary N) is 1. The molecular formula is C14H21NS. The van der Waals surface area contributed by atoms with E-state index in [1.54, 1.807) is 0 Å². The normalized spacial score (nSPS) is 22.8. The smallest absolute Gasteiger partial charge is 0.0141 e. The molecule has 1 aromatic carbocycles. The Hall–Kier alpha value is -0.470. The fourth-order valence-corrected chi connectivity index (χ4v) is 3.86. The molecule has 0 saturated carbocycles. The van der Waals surface area contributed by atoms with E-state index in [-0.39, 0.29) is 0 Å². The van der Waals surface area contributed by atoms with Crippen LogP contribution in [0.25, 0.3) is 0 Å². The maximum absolute atomic E-state index is 5.89. The van der Waals surface area contributed by atoms with Crippen LogP contribution in [0, 0.1) is 5.41 Å². The Morgan fingerprint density at radius 2 is 2.19 bits per heavy atom. The molecule has 0 amide bonds. The first kappa shape index (κ1) is 12.0. The van der Waals surface area contributed by atoms with E-state index >= 15 is 0 Å². The average Bonchev–Trinajstić information content (AvgIpc) is 2.70. The van der Waals surface area contributed by atoms with Gasteiger partial charge < -0.3 is 5.73 Å². The summed E-state index contributed by atoms with van der Waals surface area (Å²) < 4.78 is 0. The van der Waals surface area contributed by atoms with Crippen molar-refractivity contribution >= 4 is 11.8 Å². The zero-order valence-corrected chi connectivity index (χ0v) is 11.0. The van der Waals surface area contributed by atoms with E-state index in [1.165, 1.54) is 29.7 Å². The lowest BCUT2D eigenvalue weighted by molar-refractivity contribution is 0.293. The van der Waals surface area contributed by atoms with Crippen LogP contribution in [0.4, 0.5) is 0 Å². The summed E-state index contributed by atoms with van der Waals surface area (Å²) in [6, 6.07) is 8.78. The Morgan fingerprint density at radius 1 is 1.44 bits per heavy atom. The van der Waals surface area contributed by atoms with Crippen molar-refractivity contribution in [3.8, 4) is 0 Å². The van der Waals surface area contributed by atoms with Crippen molar-refractivity contribution < 1.29 is 0 Å². The second kappa shape index (κ2) is 4.80. The Morgan fingerprint density at radius 3 is 2.81 bits per heavy atom. The van der Waals surface area contributed by atoms with E-state index in [2.05, 4.69) is 38.1 Å². The highest BCUT2D eigenvalue weighted by molar-refractivity contribution is 8.00. The minimum Gasteiger partial charge on any atom is -0.330 e. The Labute approximate surface area is 103 Å². The number of rotatable bonds is 4. The van der Waals surface area contributed by atoms with Gasteiger partial charge in [-0.05, 0) is 42.9 Å². The number of hydrogen-bond acceptors (Lipinski definition) is 2. The van der Waals surface area contributed by atoms with Gasteiger partial charge in [-0.1, -0.05) is 32.0 Å². The monoisotopic (exact) mass is 235 g/mol. The highest BCUT2D eigenvalue weighted by Gasteiger charge is 2.29. The van der Waals surface area contributed by atoms with Gasteiger partial charge in [-0.3, -0.25) is 0 Å². The number of hydrogen-bond donors (Lipinski definition) is 1. The van der Waals surface area contributed by atoms with E-state index in [0.717, 1.165) is 11.8 Å². The van der Waals surface area contributed by atoms with Gasteiger partial charge in [0.25, 0.3) is 0 Å². The summed E-state index contributed by atoms with van der Waals surface area (Å²) in [5, 5.41) is 0.728. The molecule has 1 heterocycles. The van der Waals surface area contributed by atoms with Crippen LogP contribution in [-0.2, 0) is 6.42 Å². The molecule has 1 aliphatic rings. The van der Waals surface area contributed by atoms with Crippen LogP contribution in [-0.4, -0.2) is 11.8 Å². The molecule has 1 aromatic rings. The van der Waals surface area contributed by atoms with Crippen molar-refractivity contribution in [3.05, 3.63) is 29.8 Å². The van der Waals surface area contributed by atoms with Crippen LogP contribution in [0.15, 0.2) is 29.2 Å². The fourth-order valence-electron chi connectivity index (χ4n) is 2.29. The van der Waals surface area contributed by atoms with Gasteiger partial charge in [0.1, 0.15) is 0 Å². The largest absolute Gasteiger partial charge is 0.330 e. The minimum atomic E-state index is 0.319. The highest BCUT2D eigenvalue weighted by atomic mass is 32.2. The summed E-state index contributed by atoms with van der Waals surface area (Å²) >= 11 is 2.04. The molecule has 88 valence electrons. The molecule has 0 spiro atoms. The summed E-state index contributed by atoms with van der Waals surface area (Å²) in [6.07, 6.45) is 3.63. The molecule has 16 heavy (non-hydrogen) atoms. The average molecular weight is 235 g/mol. The van der Waals surface area contributed by atoms with Gasteiger partial charge in [-0.15, -0.1) is 11.8 Å². The van der Waals surface area contributed by atoms with Crippen molar-refractivity contribution in [3.63, 3.8) is 0 Å². The molecule has 1 nitrogen and oxygen atoms in total. The first-order valence-corrected chi connectivity index (χ1v) is 6.99. The van der Waals surface area contributed by atoms with Crippen molar-refractivity contribution in [2.45, 2.75) is 43.3 Å². The molecule has 0 aromatic heterocycles. The van der Waals surface area contributed by atoms with Crippen molar-refractivity contribution in [2.75, 3.05) is 6.54 Å².